The number of ether oxygens (including phenoxy) is 3. The molecule has 2 aromatic carbocycles. The zero-order chi connectivity index (χ0) is 18.6. The van der Waals surface area contributed by atoms with Crippen molar-refractivity contribution in [2.75, 3.05) is 28.4 Å². The lowest BCUT2D eigenvalue weighted by atomic mass is 10.2. The molecule has 0 atom stereocenters. The van der Waals surface area contributed by atoms with Crippen molar-refractivity contribution < 1.29 is 27.0 Å². The second-order valence-electron chi connectivity index (χ2n) is 5.25. The molecule has 0 aliphatic heterocycles. The summed E-state index contributed by atoms with van der Waals surface area (Å²) < 4.78 is 55.5. The SMILES string of the molecule is COc1ccc(CN(C)S(=O)(=O)c2ccc(OC)c(OC)c2)cc1F. The Morgan fingerprint density at radius 3 is 2.08 bits per heavy atom. The van der Waals surface area contributed by atoms with Gasteiger partial charge in [-0.25, -0.2) is 12.8 Å². The predicted octanol–water partition coefficient (Wildman–Crippen LogP) is 2.67. The normalized spacial score (nSPS) is 11.4. The van der Waals surface area contributed by atoms with Crippen molar-refractivity contribution in [2.24, 2.45) is 0 Å². The van der Waals surface area contributed by atoms with Crippen LogP contribution in [-0.4, -0.2) is 41.1 Å². The monoisotopic (exact) mass is 369 g/mol. The summed E-state index contributed by atoms with van der Waals surface area (Å²) in [5.41, 5.74) is 0.504. The van der Waals surface area contributed by atoms with Gasteiger partial charge in [-0.3, -0.25) is 0 Å². The maximum absolute atomic E-state index is 13.8. The number of hydrogen-bond acceptors (Lipinski definition) is 5. The van der Waals surface area contributed by atoms with Crippen LogP contribution in [0.25, 0.3) is 0 Å². The number of halogens is 1. The summed E-state index contributed by atoms with van der Waals surface area (Å²) in [5.74, 6) is 0.305. The molecule has 0 bridgehead atoms. The standard InChI is InChI=1S/C17H20FNO5S/c1-19(11-12-5-7-15(22-2)14(18)9-12)25(20,21)13-6-8-16(23-3)17(10-13)24-4/h5-10H,11H2,1-4H3. The van der Waals surface area contributed by atoms with Gasteiger partial charge in [-0.2, -0.15) is 4.31 Å². The van der Waals surface area contributed by atoms with Gasteiger partial charge in [0.15, 0.2) is 23.1 Å². The van der Waals surface area contributed by atoms with Crippen LogP contribution >= 0.6 is 0 Å². The zero-order valence-corrected chi connectivity index (χ0v) is 15.3. The third-order valence-electron chi connectivity index (χ3n) is 3.68. The van der Waals surface area contributed by atoms with Gasteiger partial charge in [0.2, 0.25) is 10.0 Å². The van der Waals surface area contributed by atoms with E-state index in [1.165, 1.54) is 58.7 Å². The molecule has 25 heavy (non-hydrogen) atoms. The van der Waals surface area contributed by atoms with Crippen molar-refractivity contribution in [1.82, 2.24) is 4.31 Å². The number of rotatable bonds is 7. The van der Waals surface area contributed by atoms with Crippen LogP contribution in [0.2, 0.25) is 0 Å². The van der Waals surface area contributed by atoms with E-state index in [-0.39, 0.29) is 17.2 Å². The molecule has 0 N–H and O–H groups in total. The molecule has 0 aliphatic carbocycles. The van der Waals surface area contributed by atoms with Crippen LogP contribution in [0, 0.1) is 5.82 Å². The van der Waals surface area contributed by atoms with Crippen LogP contribution in [0.4, 0.5) is 4.39 Å². The van der Waals surface area contributed by atoms with E-state index in [0.29, 0.717) is 17.1 Å². The molecule has 136 valence electrons. The molecule has 6 nitrogen and oxygen atoms in total. The molecule has 0 heterocycles. The summed E-state index contributed by atoms with van der Waals surface area (Å²) in [6.07, 6.45) is 0. The quantitative estimate of drug-likeness (QED) is 0.751. The highest BCUT2D eigenvalue weighted by molar-refractivity contribution is 7.89. The van der Waals surface area contributed by atoms with E-state index in [9.17, 15) is 12.8 Å². The van der Waals surface area contributed by atoms with Gasteiger partial charge in [-0.05, 0) is 29.8 Å². The van der Waals surface area contributed by atoms with Gasteiger partial charge < -0.3 is 14.2 Å². The molecule has 2 rings (SSSR count). The average molecular weight is 369 g/mol. The van der Waals surface area contributed by atoms with Crippen molar-refractivity contribution in [3.63, 3.8) is 0 Å². The Bertz CT molecular complexity index is 854. The topological polar surface area (TPSA) is 65.1 Å². The maximum Gasteiger partial charge on any atom is 0.243 e. The van der Waals surface area contributed by atoms with E-state index in [1.54, 1.807) is 6.07 Å². The summed E-state index contributed by atoms with van der Waals surface area (Å²) in [7, 11) is 1.91. The molecule has 0 radical (unpaired) electrons. The summed E-state index contributed by atoms with van der Waals surface area (Å²) in [6, 6.07) is 8.66. The molecule has 0 spiro atoms. The lowest BCUT2D eigenvalue weighted by molar-refractivity contribution is 0.353. The van der Waals surface area contributed by atoms with Gasteiger partial charge in [0.05, 0.1) is 26.2 Å². The Balaban J connectivity index is 2.28. The Morgan fingerprint density at radius 2 is 1.52 bits per heavy atom. The molecule has 0 aromatic heterocycles. The molecule has 0 fully saturated rings. The fraction of sp³-hybridized carbons (Fsp3) is 0.294. The van der Waals surface area contributed by atoms with Crippen LogP contribution in [-0.2, 0) is 16.6 Å². The van der Waals surface area contributed by atoms with E-state index in [4.69, 9.17) is 14.2 Å². The summed E-state index contributed by atoms with van der Waals surface area (Å²) in [6.45, 7) is 0.0115. The van der Waals surface area contributed by atoms with Crippen molar-refractivity contribution >= 4 is 10.0 Å². The lowest BCUT2D eigenvalue weighted by Gasteiger charge is -2.18. The molecular formula is C17H20FNO5S. The van der Waals surface area contributed by atoms with Gasteiger partial charge >= 0.3 is 0 Å². The van der Waals surface area contributed by atoms with Crippen molar-refractivity contribution in [3.05, 3.63) is 47.8 Å². The van der Waals surface area contributed by atoms with Gasteiger partial charge in [0.25, 0.3) is 0 Å². The third kappa shape index (κ3) is 4.02. The lowest BCUT2D eigenvalue weighted by Crippen LogP contribution is -2.26. The molecule has 8 heteroatoms. The number of nitrogens with zero attached hydrogens (tertiary/aromatic N) is 1. The van der Waals surface area contributed by atoms with Gasteiger partial charge in [0.1, 0.15) is 0 Å². The van der Waals surface area contributed by atoms with Gasteiger partial charge in [0, 0.05) is 19.7 Å². The van der Waals surface area contributed by atoms with E-state index >= 15 is 0 Å². The smallest absolute Gasteiger partial charge is 0.243 e. The first-order valence-corrected chi connectivity index (χ1v) is 8.78. The minimum atomic E-state index is -3.78. The molecule has 0 saturated heterocycles. The van der Waals surface area contributed by atoms with Crippen LogP contribution in [0.15, 0.2) is 41.3 Å². The maximum atomic E-state index is 13.8. The highest BCUT2D eigenvalue weighted by Crippen LogP contribution is 2.30. The molecule has 0 amide bonds. The molecular weight excluding hydrogens is 349 g/mol. The van der Waals surface area contributed by atoms with Gasteiger partial charge in [-0.1, -0.05) is 6.07 Å². The van der Waals surface area contributed by atoms with Crippen LogP contribution in [0.5, 0.6) is 17.2 Å². The summed E-state index contributed by atoms with van der Waals surface area (Å²) in [4.78, 5) is 0.0571. The van der Waals surface area contributed by atoms with Crippen LogP contribution in [0.3, 0.4) is 0 Å². The molecule has 0 saturated carbocycles. The fourth-order valence-corrected chi connectivity index (χ4v) is 3.48. The highest BCUT2D eigenvalue weighted by Gasteiger charge is 2.23. The van der Waals surface area contributed by atoms with Crippen molar-refractivity contribution in [1.29, 1.82) is 0 Å². The second-order valence-corrected chi connectivity index (χ2v) is 7.29. The van der Waals surface area contributed by atoms with E-state index in [1.807, 2.05) is 0 Å². The number of methoxy groups -OCH3 is 3. The van der Waals surface area contributed by atoms with Crippen molar-refractivity contribution in [3.8, 4) is 17.2 Å². The number of benzene rings is 2. The molecule has 0 aliphatic rings. The molecule has 0 unspecified atom stereocenters. The minimum absolute atomic E-state index is 0.0115. The number of hydrogen-bond donors (Lipinski definition) is 0. The summed E-state index contributed by atoms with van der Waals surface area (Å²) >= 11 is 0. The van der Waals surface area contributed by atoms with Crippen molar-refractivity contribution in [2.45, 2.75) is 11.4 Å². The number of sulfonamides is 1. The van der Waals surface area contributed by atoms with E-state index < -0.39 is 15.8 Å². The van der Waals surface area contributed by atoms with E-state index in [2.05, 4.69) is 0 Å². The van der Waals surface area contributed by atoms with Gasteiger partial charge in [-0.15, -0.1) is 0 Å². The Morgan fingerprint density at radius 1 is 0.920 bits per heavy atom. The first kappa shape index (κ1) is 19.0. The Hall–Kier alpha value is -2.32. The van der Waals surface area contributed by atoms with E-state index in [0.717, 1.165) is 4.31 Å². The molecule has 2 aromatic rings. The first-order chi connectivity index (χ1) is 11.8. The highest BCUT2D eigenvalue weighted by atomic mass is 32.2. The first-order valence-electron chi connectivity index (χ1n) is 7.34. The van der Waals surface area contributed by atoms with Crippen LogP contribution < -0.4 is 14.2 Å². The predicted molar refractivity (Wildman–Crippen MR) is 91.2 cm³/mol. The fourth-order valence-electron chi connectivity index (χ4n) is 2.31. The largest absolute Gasteiger partial charge is 0.494 e. The Kier molecular flexibility index (Phi) is 5.86. The van der Waals surface area contributed by atoms with Crippen LogP contribution in [0.1, 0.15) is 5.56 Å². The Labute approximate surface area is 146 Å². The third-order valence-corrected chi connectivity index (χ3v) is 5.48. The summed E-state index contributed by atoms with van der Waals surface area (Å²) in [5, 5.41) is 0. The zero-order valence-electron chi connectivity index (χ0n) is 14.4. The minimum Gasteiger partial charge on any atom is -0.494 e. The second kappa shape index (κ2) is 7.71. The average Bonchev–Trinajstić information content (AvgIpc) is 2.61.